The van der Waals surface area contributed by atoms with Crippen LogP contribution >= 0.6 is 0 Å². The summed E-state index contributed by atoms with van der Waals surface area (Å²) in [5.41, 5.74) is -0.0277. The van der Waals surface area contributed by atoms with Gasteiger partial charge in [-0.05, 0) is 32.6 Å². The van der Waals surface area contributed by atoms with E-state index in [-0.39, 0.29) is 24.7 Å². The molecule has 1 aliphatic rings. The fourth-order valence-corrected chi connectivity index (χ4v) is 2.09. The maximum atomic E-state index is 11.7. The van der Waals surface area contributed by atoms with Crippen molar-refractivity contribution in [3.63, 3.8) is 0 Å². The summed E-state index contributed by atoms with van der Waals surface area (Å²) in [5, 5.41) is 0. The van der Waals surface area contributed by atoms with E-state index in [1.54, 1.807) is 6.92 Å². The first-order valence-electron chi connectivity index (χ1n) is 7.23. The minimum atomic E-state index is -0.788. The van der Waals surface area contributed by atoms with Crippen LogP contribution in [0.5, 0.6) is 0 Å². The van der Waals surface area contributed by atoms with Crippen LogP contribution in [0.25, 0.3) is 0 Å². The van der Waals surface area contributed by atoms with Crippen LogP contribution in [0.2, 0.25) is 0 Å². The minimum Gasteiger partial charge on any atom is -0.463 e. The molecule has 1 rings (SSSR count). The Labute approximate surface area is 124 Å². The summed E-state index contributed by atoms with van der Waals surface area (Å²) in [4.78, 5) is 34.3. The summed E-state index contributed by atoms with van der Waals surface area (Å²) in [7, 11) is 0. The second kappa shape index (κ2) is 9.15. The Morgan fingerprint density at radius 1 is 1.05 bits per heavy atom. The molecule has 1 aliphatic carbocycles. The summed E-state index contributed by atoms with van der Waals surface area (Å²) in [5.74, 6) is -1.91. The first-order valence-corrected chi connectivity index (χ1v) is 7.23. The fourth-order valence-electron chi connectivity index (χ4n) is 2.09. The van der Waals surface area contributed by atoms with Crippen molar-refractivity contribution >= 4 is 17.9 Å². The average Bonchev–Trinajstić information content (AvgIpc) is 2.45. The van der Waals surface area contributed by atoms with Gasteiger partial charge >= 0.3 is 17.9 Å². The highest BCUT2D eigenvalue weighted by Gasteiger charge is 2.20. The molecule has 0 spiro atoms. The second-order valence-corrected chi connectivity index (χ2v) is 4.91. The highest BCUT2D eigenvalue weighted by molar-refractivity contribution is 5.94. The molecule has 1 saturated carbocycles. The first kappa shape index (κ1) is 17.2. The Hall–Kier alpha value is -1.85. The van der Waals surface area contributed by atoms with Gasteiger partial charge in [-0.1, -0.05) is 13.0 Å². The van der Waals surface area contributed by atoms with Gasteiger partial charge in [-0.2, -0.15) is 0 Å². The standard InChI is InChI=1S/C15H22O6/c1-3-19-14(17)10-20-15(18)11(2)9-13(16)21-12-7-5-4-6-8-12/h12H,2-10H2,1H3. The third-order valence-electron chi connectivity index (χ3n) is 3.12. The molecular weight excluding hydrogens is 276 g/mol. The lowest BCUT2D eigenvalue weighted by Gasteiger charge is -2.21. The second-order valence-electron chi connectivity index (χ2n) is 4.91. The predicted molar refractivity (Wildman–Crippen MR) is 74.3 cm³/mol. The molecule has 1 fully saturated rings. The quantitative estimate of drug-likeness (QED) is 0.406. The van der Waals surface area contributed by atoms with Crippen LogP contribution in [0, 0.1) is 0 Å². The van der Waals surface area contributed by atoms with E-state index in [1.807, 2.05) is 0 Å². The number of rotatable bonds is 7. The molecule has 0 aromatic carbocycles. The third-order valence-corrected chi connectivity index (χ3v) is 3.12. The Morgan fingerprint density at radius 2 is 1.71 bits per heavy atom. The van der Waals surface area contributed by atoms with Crippen molar-refractivity contribution in [2.45, 2.75) is 51.6 Å². The van der Waals surface area contributed by atoms with Gasteiger partial charge in [-0.25, -0.2) is 9.59 Å². The van der Waals surface area contributed by atoms with Gasteiger partial charge in [0.25, 0.3) is 0 Å². The van der Waals surface area contributed by atoms with Gasteiger partial charge < -0.3 is 14.2 Å². The highest BCUT2D eigenvalue weighted by atomic mass is 16.6. The Kier molecular flexibility index (Phi) is 7.50. The summed E-state index contributed by atoms with van der Waals surface area (Å²) in [6.45, 7) is 4.87. The van der Waals surface area contributed by atoms with Crippen LogP contribution in [0.4, 0.5) is 0 Å². The molecule has 0 aromatic rings. The minimum absolute atomic E-state index is 0.0277. The smallest absolute Gasteiger partial charge is 0.344 e. The van der Waals surface area contributed by atoms with Crippen LogP contribution in [0.1, 0.15) is 45.4 Å². The van der Waals surface area contributed by atoms with Gasteiger partial charge in [0, 0.05) is 5.57 Å². The van der Waals surface area contributed by atoms with Crippen LogP contribution in [0.3, 0.4) is 0 Å². The molecule has 0 aromatic heterocycles. The van der Waals surface area contributed by atoms with Crippen molar-refractivity contribution in [3.05, 3.63) is 12.2 Å². The van der Waals surface area contributed by atoms with Crippen LogP contribution in [-0.4, -0.2) is 37.2 Å². The lowest BCUT2D eigenvalue weighted by atomic mass is 9.98. The zero-order valence-electron chi connectivity index (χ0n) is 12.4. The summed E-state index contributed by atoms with van der Waals surface area (Å²) < 4.78 is 14.6. The van der Waals surface area contributed by atoms with Crippen molar-refractivity contribution in [2.24, 2.45) is 0 Å². The van der Waals surface area contributed by atoms with E-state index in [2.05, 4.69) is 16.1 Å². The van der Waals surface area contributed by atoms with Crippen molar-refractivity contribution < 1.29 is 28.6 Å². The van der Waals surface area contributed by atoms with Gasteiger partial charge in [0.2, 0.25) is 0 Å². The molecular formula is C15H22O6. The van der Waals surface area contributed by atoms with Gasteiger partial charge in [0.05, 0.1) is 13.0 Å². The van der Waals surface area contributed by atoms with Crippen LogP contribution in [0.15, 0.2) is 12.2 Å². The Morgan fingerprint density at radius 3 is 2.33 bits per heavy atom. The molecule has 0 N–H and O–H groups in total. The van der Waals surface area contributed by atoms with Crippen molar-refractivity contribution in [1.29, 1.82) is 0 Å². The van der Waals surface area contributed by atoms with E-state index in [9.17, 15) is 14.4 Å². The zero-order chi connectivity index (χ0) is 15.7. The first-order chi connectivity index (χ1) is 10.0. The predicted octanol–water partition coefficient (Wildman–Crippen LogP) is 1.91. The summed E-state index contributed by atoms with van der Waals surface area (Å²) in [6.07, 6.45) is 4.73. The molecule has 0 atom stereocenters. The maximum Gasteiger partial charge on any atom is 0.344 e. The topological polar surface area (TPSA) is 78.9 Å². The molecule has 0 bridgehead atoms. The number of hydrogen-bond donors (Lipinski definition) is 0. The molecule has 0 amide bonds. The number of hydrogen-bond acceptors (Lipinski definition) is 6. The number of esters is 3. The van der Waals surface area contributed by atoms with Gasteiger partial charge in [-0.15, -0.1) is 0 Å². The fraction of sp³-hybridized carbons (Fsp3) is 0.667. The normalized spacial score (nSPS) is 15.1. The molecule has 6 nitrogen and oxygen atoms in total. The Balaban J connectivity index is 2.25. The van der Waals surface area contributed by atoms with Crippen molar-refractivity contribution in [1.82, 2.24) is 0 Å². The maximum absolute atomic E-state index is 11.7. The molecule has 6 heteroatoms. The number of carbonyl (C=O) groups excluding carboxylic acids is 3. The molecule has 0 radical (unpaired) electrons. The molecule has 0 saturated heterocycles. The van der Waals surface area contributed by atoms with E-state index >= 15 is 0 Å². The molecule has 118 valence electrons. The lowest BCUT2D eigenvalue weighted by molar-refractivity contribution is -0.157. The van der Waals surface area contributed by atoms with E-state index in [1.165, 1.54) is 6.42 Å². The highest BCUT2D eigenvalue weighted by Crippen LogP contribution is 2.21. The van der Waals surface area contributed by atoms with E-state index < -0.39 is 24.5 Å². The number of carbonyl (C=O) groups is 3. The van der Waals surface area contributed by atoms with Crippen LogP contribution in [-0.2, 0) is 28.6 Å². The zero-order valence-corrected chi connectivity index (χ0v) is 12.4. The van der Waals surface area contributed by atoms with Crippen molar-refractivity contribution in [3.8, 4) is 0 Å². The van der Waals surface area contributed by atoms with Gasteiger partial charge in [0.15, 0.2) is 6.61 Å². The summed E-state index contributed by atoms with van der Waals surface area (Å²) in [6, 6.07) is 0. The SMILES string of the molecule is C=C(CC(=O)OC1CCCCC1)C(=O)OCC(=O)OCC. The van der Waals surface area contributed by atoms with E-state index in [0.717, 1.165) is 25.7 Å². The van der Waals surface area contributed by atoms with Crippen molar-refractivity contribution in [2.75, 3.05) is 13.2 Å². The molecule has 0 aliphatic heterocycles. The largest absolute Gasteiger partial charge is 0.463 e. The monoisotopic (exact) mass is 298 g/mol. The van der Waals surface area contributed by atoms with Crippen LogP contribution < -0.4 is 0 Å². The molecule has 21 heavy (non-hydrogen) atoms. The van der Waals surface area contributed by atoms with Gasteiger partial charge in [0.1, 0.15) is 6.10 Å². The Bertz CT molecular complexity index is 395. The van der Waals surface area contributed by atoms with E-state index in [0.29, 0.717) is 0 Å². The average molecular weight is 298 g/mol. The van der Waals surface area contributed by atoms with Gasteiger partial charge in [-0.3, -0.25) is 4.79 Å². The summed E-state index contributed by atoms with van der Waals surface area (Å²) >= 11 is 0. The van der Waals surface area contributed by atoms with E-state index in [4.69, 9.17) is 4.74 Å². The molecule has 0 heterocycles. The lowest BCUT2D eigenvalue weighted by Crippen LogP contribution is -2.23. The third kappa shape index (κ3) is 6.92. The number of ether oxygens (including phenoxy) is 3. The molecule has 0 unspecified atom stereocenters.